The summed E-state index contributed by atoms with van der Waals surface area (Å²) in [6.45, 7) is 1.91. The summed E-state index contributed by atoms with van der Waals surface area (Å²) in [5.41, 5.74) is 2.55. The Morgan fingerprint density at radius 1 is 1.03 bits per heavy atom. The quantitative estimate of drug-likeness (QED) is 0.599. The minimum atomic E-state index is -0.289. The molecule has 0 atom stereocenters. The lowest BCUT2D eigenvalue weighted by Gasteiger charge is -2.25. The van der Waals surface area contributed by atoms with Crippen LogP contribution in [0.3, 0.4) is 0 Å². The maximum absolute atomic E-state index is 13.6. The van der Waals surface area contributed by atoms with Gasteiger partial charge in [0, 0.05) is 31.6 Å². The number of nitrogens with one attached hydrogen (secondary N) is 1. The van der Waals surface area contributed by atoms with Crippen LogP contribution in [0.4, 0.5) is 4.39 Å². The van der Waals surface area contributed by atoms with E-state index < -0.39 is 0 Å². The van der Waals surface area contributed by atoms with Gasteiger partial charge in [0.2, 0.25) is 11.8 Å². The SMILES string of the molecule is O=C(CCc1ccccc1F)NCc1ccc(-c2nc(C(=O)N3CCCCC3)co2)cc1. The highest BCUT2D eigenvalue weighted by atomic mass is 19.1. The van der Waals surface area contributed by atoms with E-state index in [-0.39, 0.29) is 24.1 Å². The van der Waals surface area contributed by atoms with Gasteiger partial charge in [0.1, 0.15) is 12.1 Å². The normalized spacial score (nSPS) is 13.7. The Morgan fingerprint density at radius 3 is 2.53 bits per heavy atom. The van der Waals surface area contributed by atoms with Crippen molar-refractivity contribution in [3.8, 4) is 11.5 Å². The fourth-order valence-corrected chi connectivity index (χ4v) is 3.77. The third kappa shape index (κ3) is 5.41. The second-order valence-electron chi connectivity index (χ2n) is 7.96. The zero-order valence-corrected chi connectivity index (χ0v) is 17.9. The summed E-state index contributed by atoms with van der Waals surface area (Å²) in [7, 11) is 0. The molecule has 1 aromatic heterocycles. The van der Waals surface area contributed by atoms with Gasteiger partial charge >= 0.3 is 0 Å². The Hall–Kier alpha value is -3.48. The summed E-state index contributed by atoms with van der Waals surface area (Å²) >= 11 is 0. The van der Waals surface area contributed by atoms with Crippen molar-refractivity contribution in [2.45, 2.75) is 38.6 Å². The zero-order valence-electron chi connectivity index (χ0n) is 17.9. The Balaban J connectivity index is 1.28. The molecule has 4 rings (SSSR count). The van der Waals surface area contributed by atoms with Crippen LogP contribution in [0.5, 0.6) is 0 Å². The molecule has 1 aliphatic rings. The predicted molar refractivity (Wildman–Crippen MR) is 118 cm³/mol. The molecular formula is C25H26FN3O3. The number of benzene rings is 2. The van der Waals surface area contributed by atoms with Crippen molar-refractivity contribution >= 4 is 11.8 Å². The minimum Gasteiger partial charge on any atom is -0.444 e. The number of amides is 2. The van der Waals surface area contributed by atoms with E-state index in [4.69, 9.17) is 4.42 Å². The van der Waals surface area contributed by atoms with Gasteiger partial charge in [-0.2, -0.15) is 0 Å². The average Bonchev–Trinajstić information content (AvgIpc) is 3.33. The lowest BCUT2D eigenvalue weighted by Crippen LogP contribution is -2.35. The third-order valence-electron chi connectivity index (χ3n) is 5.64. The lowest BCUT2D eigenvalue weighted by molar-refractivity contribution is -0.121. The number of oxazole rings is 1. The number of nitrogens with zero attached hydrogens (tertiary/aromatic N) is 2. The van der Waals surface area contributed by atoms with Crippen molar-refractivity contribution < 1.29 is 18.4 Å². The van der Waals surface area contributed by atoms with Gasteiger partial charge in [-0.1, -0.05) is 30.3 Å². The second kappa shape index (κ2) is 10.2. The summed E-state index contributed by atoms with van der Waals surface area (Å²) < 4.78 is 19.2. The fraction of sp³-hybridized carbons (Fsp3) is 0.320. The molecule has 1 N–H and O–H groups in total. The predicted octanol–water partition coefficient (Wildman–Crippen LogP) is 4.36. The molecule has 0 unspecified atom stereocenters. The molecule has 3 aromatic rings. The molecule has 32 heavy (non-hydrogen) atoms. The van der Waals surface area contributed by atoms with Gasteiger partial charge in [0.25, 0.3) is 5.91 Å². The molecule has 0 aliphatic carbocycles. The van der Waals surface area contributed by atoms with Gasteiger partial charge in [0.05, 0.1) is 0 Å². The number of piperidine rings is 1. The Kier molecular flexibility index (Phi) is 6.94. The van der Waals surface area contributed by atoms with E-state index in [0.29, 0.717) is 30.1 Å². The maximum Gasteiger partial charge on any atom is 0.275 e. The first kappa shape index (κ1) is 21.7. The van der Waals surface area contributed by atoms with Crippen molar-refractivity contribution in [2.24, 2.45) is 0 Å². The van der Waals surface area contributed by atoms with Gasteiger partial charge < -0.3 is 14.6 Å². The Morgan fingerprint density at radius 2 is 1.78 bits per heavy atom. The number of carbonyl (C=O) groups is 2. The number of hydrogen-bond donors (Lipinski definition) is 1. The molecule has 0 saturated carbocycles. The highest BCUT2D eigenvalue weighted by molar-refractivity contribution is 5.92. The number of carbonyl (C=O) groups excluding carboxylic acids is 2. The number of halogens is 1. The van der Waals surface area contributed by atoms with E-state index in [2.05, 4.69) is 10.3 Å². The summed E-state index contributed by atoms with van der Waals surface area (Å²) in [5.74, 6) is -0.116. The largest absolute Gasteiger partial charge is 0.444 e. The van der Waals surface area contributed by atoms with Crippen molar-refractivity contribution in [3.05, 3.63) is 77.4 Å². The van der Waals surface area contributed by atoms with Crippen LogP contribution in [-0.4, -0.2) is 34.8 Å². The van der Waals surface area contributed by atoms with Crippen molar-refractivity contribution in [1.82, 2.24) is 15.2 Å². The average molecular weight is 435 g/mol. The van der Waals surface area contributed by atoms with Crippen LogP contribution in [0.2, 0.25) is 0 Å². The fourth-order valence-electron chi connectivity index (χ4n) is 3.77. The molecule has 7 heteroatoms. The van der Waals surface area contributed by atoms with Gasteiger partial charge in [0.15, 0.2) is 5.69 Å². The van der Waals surface area contributed by atoms with Crippen LogP contribution in [0.1, 0.15) is 47.3 Å². The van der Waals surface area contributed by atoms with E-state index in [0.717, 1.165) is 43.5 Å². The molecule has 1 fully saturated rings. The number of aryl methyl sites for hydroxylation is 1. The molecule has 1 saturated heterocycles. The van der Waals surface area contributed by atoms with Crippen molar-refractivity contribution in [1.29, 1.82) is 0 Å². The number of likely N-dealkylation sites (tertiary alicyclic amines) is 1. The van der Waals surface area contributed by atoms with E-state index >= 15 is 0 Å². The molecule has 2 amide bonds. The van der Waals surface area contributed by atoms with Crippen molar-refractivity contribution in [2.75, 3.05) is 13.1 Å². The van der Waals surface area contributed by atoms with E-state index in [1.54, 1.807) is 18.2 Å². The number of rotatable bonds is 7. The van der Waals surface area contributed by atoms with Gasteiger partial charge in [-0.15, -0.1) is 0 Å². The third-order valence-corrected chi connectivity index (χ3v) is 5.64. The summed E-state index contributed by atoms with van der Waals surface area (Å²) in [6, 6.07) is 13.9. The van der Waals surface area contributed by atoms with E-state index in [9.17, 15) is 14.0 Å². The molecule has 166 valence electrons. The summed E-state index contributed by atoms with van der Waals surface area (Å²) in [5, 5.41) is 2.85. The molecule has 0 spiro atoms. The summed E-state index contributed by atoms with van der Waals surface area (Å²) in [6.07, 6.45) is 5.21. The zero-order chi connectivity index (χ0) is 22.3. The molecule has 1 aliphatic heterocycles. The van der Waals surface area contributed by atoms with Crippen LogP contribution in [0.15, 0.2) is 59.2 Å². The molecule has 2 aromatic carbocycles. The second-order valence-corrected chi connectivity index (χ2v) is 7.96. The Bertz CT molecular complexity index is 1070. The van der Waals surface area contributed by atoms with Crippen LogP contribution in [0, 0.1) is 5.82 Å². The van der Waals surface area contributed by atoms with Gasteiger partial charge in [-0.25, -0.2) is 9.37 Å². The molecule has 0 bridgehead atoms. The lowest BCUT2D eigenvalue weighted by atomic mass is 10.1. The molecule has 0 radical (unpaired) electrons. The van der Waals surface area contributed by atoms with Crippen molar-refractivity contribution in [3.63, 3.8) is 0 Å². The topological polar surface area (TPSA) is 75.4 Å². The van der Waals surface area contributed by atoms with Gasteiger partial charge in [-0.3, -0.25) is 9.59 Å². The van der Waals surface area contributed by atoms with E-state index in [1.165, 1.54) is 12.3 Å². The minimum absolute atomic E-state index is 0.0885. The first-order valence-electron chi connectivity index (χ1n) is 10.9. The Labute approximate surface area is 186 Å². The van der Waals surface area contributed by atoms with Crippen LogP contribution in [0.25, 0.3) is 11.5 Å². The van der Waals surface area contributed by atoms with Gasteiger partial charge in [-0.05, 0) is 55.0 Å². The maximum atomic E-state index is 13.6. The number of hydrogen-bond acceptors (Lipinski definition) is 4. The first-order valence-corrected chi connectivity index (χ1v) is 10.9. The number of aromatic nitrogens is 1. The van der Waals surface area contributed by atoms with Crippen LogP contribution < -0.4 is 5.32 Å². The van der Waals surface area contributed by atoms with Crippen LogP contribution >= 0.6 is 0 Å². The van der Waals surface area contributed by atoms with Crippen LogP contribution in [-0.2, 0) is 17.8 Å². The highest BCUT2D eigenvalue weighted by Gasteiger charge is 2.21. The first-order chi connectivity index (χ1) is 15.6. The molecule has 2 heterocycles. The monoisotopic (exact) mass is 435 g/mol. The smallest absolute Gasteiger partial charge is 0.275 e. The summed E-state index contributed by atoms with van der Waals surface area (Å²) in [4.78, 5) is 30.8. The molecule has 6 nitrogen and oxygen atoms in total. The highest BCUT2D eigenvalue weighted by Crippen LogP contribution is 2.21. The molecular weight excluding hydrogens is 409 g/mol. The van der Waals surface area contributed by atoms with E-state index in [1.807, 2.05) is 29.2 Å². The standard InChI is InChI=1S/C25H26FN3O3/c26-21-7-3-2-6-19(21)12-13-23(30)27-16-18-8-10-20(11-9-18)24-28-22(17-32-24)25(31)29-14-4-1-5-15-29/h2-3,6-11,17H,1,4-5,12-16H2,(H,27,30).